The molecule has 5 nitrogen and oxygen atoms in total. The van der Waals surface area contributed by atoms with E-state index in [1.807, 2.05) is 41.2 Å². The minimum atomic E-state index is 0. The van der Waals surface area contributed by atoms with E-state index in [0.717, 1.165) is 29.6 Å². The fourth-order valence-corrected chi connectivity index (χ4v) is 2.33. The summed E-state index contributed by atoms with van der Waals surface area (Å²) in [4.78, 5) is 4.23. The molecule has 2 aromatic rings. The molecule has 0 aliphatic rings. The maximum atomic E-state index is 5.98. The Kier molecular flexibility index (Phi) is 9.01. The first-order chi connectivity index (χ1) is 10.7. The Morgan fingerprint density at radius 2 is 2.17 bits per heavy atom. The van der Waals surface area contributed by atoms with E-state index in [2.05, 4.69) is 27.6 Å². The lowest BCUT2D eigenvalue weighted by molar-refractivity contribution is 0.443. The highest BCUT2D eigenvalue weighted by molar-refractivity contribution is 14.0. The van der Waals surface area contributed by atoms with E-state index in [1.54, 1.807) is 13.2 Å². The summed E-state index contributed by atoms with van der Waals surface area (Å²) in [6.45, 7) is 4.58. The number of hydrogen-bond acceptors (Lipinski definition) is 2. The zero-order chi connectivity index (χ0) is 15.8. The van der Waals surface area contributed by atoms with Crippen molar-refractivity contribution in [2.45, 2.75) is 20.0 Å². The summed E-state index contributed by atoms with van der Waals surface area (Å²) < 4.78 is 1.94. The van der Waals surface area contributed by atoms with Gasteiger partial charge in [0.2, 0.25) is 0 Å². The van der Waals surface area contributed by atoms with Crippen molar-refractivity contribution in [3.8, 4) is 0 Å². The molecule has 1 heterocycles. The molecule has 0 radical (unpaired) electrons. The average molecular weight is 448 g/mol. The molecule has 0 saturated carbocycles. The number of nitrogens with zero attached hydrogens (tertiary/aromatic N) is 3. The molecule has 0 spiro atoms. The Bertz CT molecular complexity index is 600. The van der Waals surface area contributed by atoms with Gasteiger partial charge >= 0.3 is 0 Å². The van der Waals surface area contributed by atoms with Gasteiger partial charge in [-0.05, 0) is 29.7 Å². The van der Waals surface area contributed by atoms with Gasteiger partial charge in [-0.1, -0.05) is 30.7 Å². The highest BCUT2D eigenvalue weighted by Gasteiger charge is 2.05. The first-order valence-electron chi connectivity index (χ1n) is 7.33. The van der Waals surface area contributed by atoms with E-state index in [9.17, 15) is 0 Å². The molecule has 1 aromatic carbocycles. The lowest BCUT2D eigenvalue weighted by Gasteiger charge is -2.16. The van der Waals surface area contributed by atoms with Crippen LogP contribution in [-0.2, 0) is 13.1 Å². The van der Waals surface area contributed by atoms with Crippen molar-refractivity contribution in [3.63, 3.8) is 0 Å². The van der Waals surface area contributed by atoms with Crippen LogP contribution in [0.5, 0.6) is 0 Å². The van der Waals surface area contributed by atoms with Crippen LogP contribution in [0, 0.1) is 5.92 Å². The highest BCUT2D eigenvalue weighted by atomic mass is 127. The van der Waals surface area contributed by atoms with Gasteiger partial charge in [-0.2, -0.15) is 5.10 Å². The first kappa shape index (κ1) is 19.8. The molecule has 126 valence electrons. The van der Waals surface area contributed by atoms with Gasteiger partial charge < -0.3 is 10.6 Å². The zero-order valence-corrected chi connectivity index (χ0v) is 16.5. The molecule has 0 fully saturated rings. The van der Waals surface area contributed by atoms with Gasteiger partial charge in [0, 0.05) is 44.1 Å². The standard InChI is InChI=1S/C16H22ClN5.HI/c1-13(12-22-8-4-7-21-22)10-19-16(18-2)20-11-14-5-3-6-15(17)9-14;/h3-9,13H,10-12H2,1-2H3,(H2,18,19,20);1H. The molecule has 2 N–H and O–H groups in total. The SMILES string of the molecule is CN=C(NCc1cccc(Cl)c1)NCC(C)Cn1cccn1.I. The summed E-state index contributed by atoms with van der Waals surface area (Å²) in [5, 5.41) is 11.6. The first-order valence-corrected chi connectivity index (χ1v) is 7.71. The van der Waals surface area contributed by atoms with Crippen molar-refractivity contribution in [1.29, 1.82) is 0 Å². The van der Waals surface area contributed by atoms with Crippen LogP contribution in [0.25, 0.3) is 0 Å². The van der Waals surface area contributed by atoms with Crippen LogP contribution in [0.3, 0.4) is 0 Å². The minimum absolute atomic E-state index is 0. The van der Waals surface area contributed by atoms with Crippen molar-refractivity contribution in [2.24, 2.45) is 10.9 Å². The van der Waals surface area contributed by atoms with Crippen molar-refractivity contribution in [1.82, 2.24) is 20.4 Å². The quantitative estimate of drug-likeness (QED) is 0.406. The molecule has 23 heavy (non-hydrogen) atoms. The lowest BCUT2D eigenvalue weighted by Crippen LogP contribution is -2.39. The normalized spacial score (nSPS) is 12.4. The van der Waals surface area contributed by atoms with Crippen LogP contribution in [0.2, 0.25) is 5.02 Å². The van der Waals surface area contributed by atoms with E-state index >= 15 is 0 Å². The number of rotatable bonds is 6. The molecule has 0 aliphatic carbocycles. The number of benzene rings is 1. The van der Waals surface area contributed by atoms with E-state index in [-0.39, 0.29) is 24.0 Å². The van der Waals surface area contributed by atoms with E-state index in [4.69, 9.17) is 11.6 Å². The molecule has 7 heteroatoms. The van der Waals surface area contributed by atoms with Gasteiger partial charge in [0.15, 0.2) is 5.96 Å². The van der Waals surface area contributed by atoms with E-state index < -0.39 is 0 Å². The Morgan fingerprint density at radius 1 is 1.35 bits per heavy atom. The summed E-state index contributed by atoms with van der Waals surface area (Å²) in [5.41, 5.74) is 1.13. The summed E-state index contributed by atoms with van der Waals surface area (Å²) in [6.07, 6.45) is 3.77. The topological polar surface area (TPSA) is 54.2 Å². The van der Waals surface area contributed by atoms with E-state index in [1.165, 1.54) is 0 Å². The molecule has 1 atom stereocenters. The van der Waals surface area contributed by atoms with Crippen LogP contribution in [0.4, 0.5) is 0 Å². The fourth-order valence-electron chi connectivity index (χ4n) is 2.12. The van der Waals surface area contributed by atoms with Gasteiger partial charge in [0.25, 0.3) is 0 Å². The Hall–Kier alpha value is -1.28. The second-order valence-corrected chi connectivity index (χ2v) is 5.71. The number of hydrogen-bond donors (Lipinski definition) is 2. The average Bonchev–Trinajstić information content (AvgIpc) is 3.00. The van der Waals surface area contributed by atoms with Crippen LogP contribution in [-0.4, -0.2) is 29.3 Å². The maximum absolute atomic E-state index is 5.98. The third kappa shape index (κ3) is 7.22. The minimum Gasteiger partial charge on any atom is -0.356 e. The third-order valence-corrected chi connectivity index (χ3v) is 3.48. The molecular weight excluding hydrogens is 425 g/mol. The predicted octanol–water partition coefficient (Wildman–Crippen LogP) is 3.16. The highest BCUT2D eigenvalue weighted by Crippen LogP contribution is 2.10. The number of aliphatic imine (C=N–C) groups is 1. The largest absolute Gasteiger partial charge is 0.356 e. The summed E-state index contributed by atoms with van der Waals surface area (Å²) in [7, 11) is 1.77. The van der Waals surface area contributed by atoms with E-state index in [0.29, 0.717) is 12.5 Å². The lowest BCUT2D eigenvalue weighted by atomic mass is 10.2. The summed E-state index contributed by atoms with van der Waals surface area (Å²) >= 11 is 5.98. The molecule has 1 aromatic heterocycles. The van der Waals surface area contributed by atoms with Crippen molar-refractivity contribution >= 4 is 41.5 Å². The van der Waals surface area contributed by atoms with Gasteiger partial charge in [0.1, 0.15) is 0 Å². The van der Waals surface area contributed by atoms with Gasteiger partial charge in [-0.15, -0.1) is 24.0 Å². The molecule has 0 aliphatic heterocycles. The van der Waals surface area contributed by atoms with Gasteiger partial charge in [-0.25, -0.2) is 0 Å². The molecular formula is C16H23ClIN5. The third-order valence-electron chi connectivity index (χ3n) is 3.25. The second-order valence-electron chi connectivity index (χ2n) is 5.27. The van der Waals surface area contributed by atoms with Crippen molar-refractivity contribution < 1.29 is 0 Å². The van der Waals surface area contributed by atoms with Gasteiger partial charge in [0.05, 0.1) is 0 Å². The van der Waals surface area contributed by atoms with Crippen LogP contribution in [0.15, 0.2) is 47.7 Å². The molecule has 2 rings (SSSR count). The molecule has 1 unspecified atom stereocenters. The van der Waals surface area contributed by atoms with Crippen LogP contribution in [0.1, 0.15) is 12.5 Å². The molecule has 0 bridgehead atoms. The predicted molar refractivity (Wildman–Crippen MR) is 106 cm³/mol. The number of halogens is 2. The fraction of sp³-hybridized carbons (Fsp3) is 0.375. The smallest absolute Gasteiger partial charge is 0.191 e. The monoisotopic (exact) mass is 447 g/mol. The van der Waals surface area contributed by atoms with Crippen LogP contribution < -0.4 is 10.6 Å². The second kappa shape index (κ2) is 10.5. The van der Waals surface area contributed by atoms with Crippen LogP contribution >= 0.6 is 35.6 Å². The number of aromatic nitrogens is 2. The Morgan fingerprint density at radius 3 is 2.83 bits per heavy atom. The number of guanidine groups is 1. The number of nitrogens with one attached hydrogen (secondary N) is 2. The maximum Gasteiger partial charge on any atom is 0.191 e. The van der Waals surface area contributed by atoms with Gasteiger partial charge in [-0.3, -0.25) is 9.67 Å². The molecule has 0 amide bonds. The Labute approximate surface area is 159 Å². The van der Waals surface area contributed by atoms with Crippen molar-refractivity contribution in [2.75, 3.05) is 13.6 Å². The Balaban J connectivity index is 0.00000264. The summed E-state index contributed by atoms with van der Waals surface area (Å²) in [5.74, 6) is 1.23. The zero-order valence-electron chi connectivity index (χ0n) is 13.4. The summed E-state index contributed by atoms with van der Waals surface area (Å²) in [6, 6.07) is 9.73. The van der Waals surface area contributed by atoms with Crippen molar-refractivity contribution in [3.05, 3.63) is 53.3 Å². The molecule has 0 saturated heterocycles.